The third-order valence-corrected chi connectivity index (χ3v) is 3.98. The van der Waals surface area contributed by atoms with Crippen LogP contribution in [0.2, 0.25) is 0 Å². The Kier molecular flexibility index (Phi) is 5.88. The second-order valence-electron chi connectivity index (χ2n) is 5.72. The van der Waals surface area contributed by atoms with Crippen LogP contribution in [-0.4, -0.2) is 31.1 Å². The number of nitriles is 1. The Labute approximate surface area is 122 Å². The molecule has 0 N–H and O–H groups in total. The summed E-state index contributed by atoms with van der Waals surface area (Å²) in [6, 6.07) is 9.44. The lowest BCUT2D eigenvalue weighted by molar-refractivity contribution is 0.238. The van der Waals surface area contributed by atoms with Gasteiger partial charge in [-0.1, -0.05) is 6.92 Å². The molecule has 1 aliphatic heterocycles. The molecule has 20 heavy (non-hydrogen) atoms. The number of hydrogen-bond donors (Lipinski definition) is 0. The first-order chi connectivity index (χ1) is 9.78. The zero-order valence-corrected chi connectivity index (χ0v) is 12.3. The largest absolute Gasteiger partial charge is 0.494 e. The minimum Gasteiger partial charge on any atom is -0.494 e. The van der Waals surface area contributed by atoms with E-state index in [2.05, 4.69) is 17.9 Å². The molecule has 0 aromatic heterocycles. The predicted octanol–water partition coefficient (Wildman–Crippen LogP) is 3.45. The Bertz CT molecular complexity index is 435. The van der Waals surface area contributed by atoms with E-state index in [1.54, 1.807) is 12.1 Å². The van der Waals surface area contributed by atoms with Crippen LogP contribution < -0.4 is 4.74 Å². The molecule has 3 nitrogen and oxygen atoms in total. The van der Waals surface area contributed by atoms with Crippen molar-refractivity contribution in [2.75, 3.05) is 26.2 Å². The van der Waals surface area contributed by atoms with Crippen molar-refractivity contribution in [3.05, 3.63) is 29.8 Å². The third kappa shape index (κ3) is 4.86. The third-order valence-electron chi connectivity index (χ3n) is 3.98. The van der Waals surface area contributed by atoms with Crippen molar-refractivity contribution < 1.29 is 4.74 Å². The van der Waals surface area contributed by atoms with Crippen molar-refractivity contribution in [2.24, 2.45) is 5.92 Å². The topological polar surface area (TPSA) is 36.3 Å². The lowest BCUT2D eigenvalue weighted by atomic mass is 10.0. The smallest absolute Gasteiger partial charge is 0.119 e. The van der Waals surface area contributed by atoms with Crippen LogP contribution in [0.5, 0.6) is 5.75 Å². The minimum absolute atomic E-state index is 0.677. The lowest BCUT2D eigenvalue weighted by Gasteiger charge is -2.19. The fourth-order valence-corrected chi connectivity index (χ4v) is 2.65. The number of rotatable bonds is 5. The second-order valence-corrected chi connectivity index (χ2v) is 5.72. The van der Waals surface area contributed by atoms with Gasteiger partial charge in [0.15, 0.2) is 0 Å². The molecule has 2 rings (SSSR count). The second kappa shape index (κ2) is 7.91. The van der Waals surface area contributed by atoms with E-state index in [0.29, 0.717) is 5.56 Å². The summed E-state index contributed by atoms with van der Waals surface area (Å²) in [6.45, 7) is 6.71. The highest BCUT2D eigenvalue weighted by Gasteiger charge is 2.12. The summed E-state index contributed by atoms with van der Waals surface area (Å²) in [5.41, 5.74) is 0.677. The van der Waals surface area contributed by atoms with Crippen molar-refractivity contribution in [1.82, 2.24) is 4.90 Å². The molecule has 1 saturated heterocycles. The Hall–Kier alpha value is -1.53. The number of hydrogen-bond acceptors (Lipinski definition) is 3. The summed E-state index contributed by atoms with van der Waals surface area (Å²) in [5.74, 6) is 1.74. The van der Waals surface area contributed by atoms with Crippen LogP contribution in [0.3, 0.4) is 0 Å². The molecule has 108 valence electrons. The van der Waals surface area contributed by atoms with E-state index < -0.39 is 0 Å². The molecular weight excluding hydrogens is 248 g/mol. The Morgan fingerprint density at radius 2 is 2.05 bits per heavy atom. The normalized spacial score (nSPS) is 20.1. The van der Waals surface area contributed by atoms with Crippen LogP contribution >= 0.6 is 0 Å². The summed E-state index contributed by atoms with van der Waals surface area (Å²) >= 11 is 0. The van der Waals surface area contributed by atoms with Crippen LogP contribution in [-0.2, 0) is 0 Å². The number of ether oxygens (including phenoxy) is 1. The number of benzene rings is 1. The molecule has 0 amide bonds. The molecule has 0 spiro atoms. The highest BCUT2D eigenvalue weighted by molar-refractivity contribution is 5.34. The summed E-state index contributed by atoms with van der Waals surface area (Å²) in [4.78, 5) is 2.56. The maximum absolute atomic E-state index is 8.73. The summed E-state index contributed by atoms with van der Waals surface area (Å²) in [6.07, 6.45) is 5.10. The van der Waals surface area contributed by atoms with Gasteiger partial charge in [-0.3, -0.25) is 0 Å². The quantitative estimate of drug-likeness (QED) is 0.770. The number of likely N-dealkylation sites (tertiary alicyclic amines) is 1. The van der Waals surface area contributed by atoms with Gasteiger partial charge in [0.05, 0.1) is 18.2 Å². The lowest BCUT2D eigenvalue weighted by Crippen LogP contribution is -2.27. The zero-order chi connectivity index (χ0) is 14.2. The van der Waals surface area contributed by atoms with Gasteiger partial charge in [-0.15, -0.1) is 0 Å². The maximum atomic E-state index is 8.73. The molecule has 1 aliphatic rings. The molecule has 1 aromatic rings. The Morgan fingerprint density at radius 1 is 1.25 bits per heavy atom. The highest BCUT2D eigenvalue weighted by Crippen LogP contribution is 2.16. The summed E-state index contributed by atoms with van der Waals surface area (Å²) in [7, 11) is 0. The highest BCUT2D eigenvalue weighted by atomic mass is 16.5. The average molecular weight is 272 g/mol. The molecule has 1 heterocycles. The van der Waals surface area contributed by atoms with Crippen molar-refractivity contribution in [3.63, 3.8) is 0 Å². The first-order valence-electron chi connectivity index (χ1n) is 7.63. The molecule has 3 heteroatoms. The van der Waals surface area contributed by atoms with Gasteiger partial charge in [0.25, 0.3) is 0 Å². The van der Waals surface area contributed by atoms with E-state index in [9.17, 15) is 0 Å². The molecule has 0 saturated carbocycles. The molecule has 1 unspecified atom stereocenters. The first-order valence-corrected chi connectivity index (χ1v) is 7.63. The minimum atomic E-state index is 0.677. The Morgan fingerprint density at radius 3 is 2.80 bits per heavy atom. The Balaban J connectivity index is 1.64. The SMILES string of the molecule is CC1CCCN(CCCOc2ccc(C#N)cc2)CC1. The van der Waals surface area contributed by atoms with Crippen LogP contribution in [0, 0.1) is 17.2 Å². The van der Waals surface area contributed by atoms with Gasteiger partial charge in [-0.25, -0.2) is 0 Å². The molecule has 0 bridgehead atoms. The van der Waals surface area contributed by atoms with Gasteiger partial charge < -0.3 is 9.64 Å². The van der Waals surface area contributed by atoms with E-state index in [1.807, 2.05) is 12.1 Å². The summed E-state index contributed by atoms with van der Waals surface area (Å²) < 4.78 is 5.71. The fraction of sp³-hybridized carbons (Fsp3) is 0.588. The van der Waals surface area contributed by atoms with Crippen molar-refractivity contribution >= 4 is 0 Å². The van der Waals surface area contributed by atoms with Gasteiger partial charge in [0, 0.05) is 6.54 Å². The van der Waals surface area contributed by atoms with Crippen LogP contribution in [0.25, 0.3) is 0 Å². The molecule has 0 radical (unpaired) electrons. The maximum Gasteiger partial charge on any atom is 0.119 e. The zero-order valence-electron chi connectivity index (χ0n) is 12.3. The predicted molar refractivity (Wildman–Crippen MR) is 80.7 cm³/mol. The van der Waals surface area contributed by atoms with Crippen LogP contribution in [0.1, 0.15) is 38.2 Å². The van der Waals surface area contributed by atoms with Gasteiger partial charge in [0.2, 0.25) is 0 Å². The molecule has 1 atom stereocenters. The van der Waals surface area contributed by atoms with E-state index >= 15 is 0 Å². The van der Waals surface area contributed by atoms with E-state index in [-0.39, 0.29) is 0 Å². The van der Waals surface area contributed by atoms with E-state index in [1.165, 1.54) is 32.4 Å². The fourth-order valence-electron chi connectivity index (χ4n) is 2.65. The van der Waals surface area contributed by atoms with Crippen molar-refractivity contribution in [2.45, 2.75) is 32.6 Å². The van der Waals surface area contributed by atoms with Crippen LogP contribution in [0.15, 0.2) is 24.3 Å². The van der Waals surface area contributed by atoms with Crippen molar-refractivity contribution in [1.29, 1.82) is 5.26 Å². The summed E-state index contributed by atoms with van der Waals surface area (Å²) in [5, 5.41) is 8.73. The van der Waals surface area contributed by atoms with Gasteiger partial charge in [-0.05, 0) is 69.0 Å². The van der Waals surface area contributed by atoms with Crippen molar-refractivity contribution in [3.8, 4) is 11.8 Å². The monoisotopic (exact) mass is 272 g/mol. The average Bonchev–Trinajstić information content (AvgIpc) is 2.69. The molecule has 1 aromatic carbocycles. The van der Waals surface area contributed by atoms with E-state index in [0.717, 1.165) is 31.2 Å². The standard InChI is InChI=1S/C17H24N2O/c1-15-4-2-10-19(12-9-15)11-3-13-20-17-7-5-16(14-18)6-8-17/h5-8,15H,2-4,9-13H2,1H3. The number of nitrogens with zero attached hydrogens (tertiary/aromatic N) is 2. The molecule has 1 fully saturated rings. The van der Waals surface area contributed by atoms with Crippen LogP contribution in [0.4, 0.5) is 0 Å². The molecular formula is C17H24N2O. The van der Waals surface area contributed by atoms with E-state index in [4.69, 9.17) is 10.00 Å². The first kappa shape index (κ1) is 14.9. The van der Waals surface area contributed by atoms with Gasteiger partial charge in [-0.2, -0.15) is 5.26 Å². The van der Waals surface area contributed by atoms with Gasteiger partial charge in [0.1, 0.15) is 5.75 Å². The molecule has 0 aliphatic carbocycles. The van der Waals surface area contributed by atoms with Gasteiger partial charge >= 0.3 is 0 Å².